The molecule has 9 nitrogen and oxygen atoms in total. The highest BCUT2D eigenvalue weighted by atomic mass is 32.2. The number of hydrogen-bond acceptors (Lipinski definition) is 9. The molecule has 6 rings (SSSR count). The Labute approximate surface area is 228 Å². The van der Waals surface area contributed by atoms with Gasteiger partial charge in [-0.25, -0.2) is 22.8 Å². The molecule has 0 unspecified atom stereocenters. The number of ether oxygens (including phenoxy) is 1. The van der Waals surface area contributed by atoms with Crippen molar-refractivity contribution in [2.24, 2.45) is 5.92 Å². The third-order valence-electron chi connectivity index (χ3n) is 8.33. The second-order valence-electron chi connectivity index (χ2n) is 11.2. The largest absolute Gasteiger partial charge is 0.378 e. The second kappa shape index (κ2) is 10.2. The Balaban J connectivity index is 1.25. The van der Waals surface area contributed by atoms with E-state index in [1.807, 2.05) is 11.1 Å². The van der Waals surface area contributed by atoms with E-state index in [1.165, 1.54) is 24.7 Å². The van der Waals surface area contributed by atoms with Crippen LogP contribution in [0.2, 0.25) is 0 Å². The van der Waals surface area contributed by atoms with Crippen LogP contribution in [0.5, 0.6) is 0 Å². The molecular formula is C28H35FN6O3S. The standard InChI is InChI=1S/C28H35FN6O3S/c1-17-19(16-39(3,36)37)14-35(17)24-7-6-20(18-4-5-18)21-12-27(31-13-22(21)24)32-26-8-10-30-28(33-26)34-11-9-25(38-2)23(29)15-34/h6-8,10,12-13,17-19,23,25H,4-5,9,11,14-16H2,1-3H3,(H,30,31,32,33)/t17-,19-,23-,25+/m1/s1. The SMILES string of the molecule is CO[C@H]1CCN(c2nccc(Nc3cc4c(C5CC5)ccc(N5C[C@H](CS(C)(=O)=O)[C@H]5C)c4cn3)n2)C[C@H]1F. The van der Waals surface area contributed by atoms with Crippen molar-refractivity contribution in [1.82, 2.24) is 15.0 Å². The van der Waals surface area contributed by atoms with Crippen molar-refractivity contribution >= 4 is 43.9 Å². The third kappa shape index (κ3) is 5.38. The Morgan fingerprint density at radius 3 is 2.62 bits per heavy atom. The number of fused-ring (bicyclic) bond motifs is 1. The molecule has 0 bridgehead atoms. The fourth-order valence-corrected chi connectivity index (χ4v) is 7.10. The molecule has 3 aliphatic rings. The van der Waals surface area contributed by atoms with E-state index >= 15 is 0 Å². The van der Waals surface area contributed by atoms with E-state index in [-0.39, 0.29) is 30.4 Å². The van der Waals surface area contributed by atoms with Gasteiger partial charge in [0.25, 0.3) is 0 Å². The summed E-state index contributed by atoms with van der Waals surface area (Å²) in [5.74, 6) is 2.66. The number of alkyl halides is 1. The van der Waals surface area contributed by atoms with E-state index in [1.54, 1.807) is 19.4 Å². The van der Waals surface area contributed by atoms with E-state index < -0.39 is 16.0 Å². The Hall–Kier alpha value is -3.05. The highest BCUT2D eigenvalue weighted by Gasteiger charge is 2.38. The topological polar surface area (TPSA) is 101 Å². The van der Waals surface area contributed by atoms with Gasteiger partial charge in [0.05, 0.1) is 18.4 Å². The number of anilines is 4. The Bertz CT molecular complexity index is 1480. The molecule has 0 radical (unpaired) electrons. The van der Waals surface area contributed by atoms with Gasteiger partial charge in [0.2, 0.25) is 5.95 Å². The monoisotopic (exact) mass is 554 g/mol. The molecule has 2 aromatic heterocycles. The predicted molar refractivity (Wildman–Crippen MR) is 152 cm³/mol. The lowest BCUT2D eigenvalue weighted by Crippen LogP contribution is -2.57. The van der Waals surface area contributed by atoms with Gasteiger partial charge >= 0.3 is 0 Å². The first kappa shape index (κ1) is 26.2. The quantitative estimate of drug-likeness (QED) is 0.441. The molecule has 0 spiro atoms. The number of hydrogen-bond donors (Lipinski definition) is 1. The summed E-state index contributed by atoms with van der Waals surface area (Å²) in [4.78, 5) is 17.9. The number of halogens is 1. The zero-order valence-electron chi connectivity index (χ0n) is 22.5. The molecule has 39 heavy (non-hydrogen) atoms. The number of rotatable bonds is 8. The van der Waals surface area contributed by atoms with Crippen molar-refractivity contribution in [3.05, 3.63) is 42.2 Å². The van der Waals surface area contributed by atoms with Crippen LogP contribution in [-0.2, 0) is 14.6 Å². The summed E-state index contributed by atoms with van der Waals surface area (Å²) in [6, 6.07) is 8.39. The van der Waals surface area contributed by atoms with Gasteiger partial charge in [-0.05, 0) is 61.3 Å². The van der Waals surface area contributed by atoms with E-state index in [0.29, 0.717) is 36.5 Å². The summed E-state index contributed by atoms with van der Waals surface area (Å²) < 4.78 is 43.3. The zero-order chi connectivity index (χ0) is 27.3. The maximum atomic E-state index is 14.4. The number of sulfone groups is 1. The van der Waals surface area contributed by atoms with Crippen molar-refractivity contribution in [3.63, 3.8) is 0 Å². The Morgan fingerprint density at radius 1 is 1.10 bits per heavy atom. The lowest BCUT2D eigenvalue weighted by atomic mass is 9.89. The fourth-order valence-electron chi connectivity index (χ4n) is 5.93. The molecule has 1 saturated carbocycles. The van der Waals surface area contributed by atoms with Crippen molar-refractivity contribution < 1.29 is 17.5 Å². The molecule has 2 saturated heterocycles. The first-order valence-corrected chi connectivity index (χ1v) is 15.6. The van der Waals surface area contributed by atoms with Gasteiger partial charge in [-0.15, -0.1) is 0 Å². The number of pyridine rings is 1. The first-order chi connectivity index (χ1) is 18.7. The van der Waals surface area contributed by atoms with Gasteiger partial charge in [0.1, 0.15) is 27.6 Å². The Kier molecular flexibility index (Phi) is 6.83. The maximum Gasteiger partial charge on any atom is 0.227 e. The number of nitrogens with zero attached hydrogens (tertiary/aromatic N) is 5. The van der Waals surface area contributed by atoms with E-state index in [4.69, 9.17) is 9.72 Å². The lowest BCUT2D eigenvalue weighted by molar-refractivity contribution is 0.0194. The van der Waals surface area contributed by atoms with Gasteiger partial charge in [-0.3, -0.25) is 0 Å². The van der Waals surface area contributed by atoms with Crippen LogP contribution in [0.4, 0.5) is 27.7 Å². The van der Waals surface area contributed by atoms with E-state index in [0.717, 1.165) is 23.0 Å². The molecule has 4 atom stereocenters. The molecule has 1 aromatic carbocycles. The summed E-state index contributed by atoms with van der Waals surface area (Å²) in [6.45, 7) is 3.64. The van der Waals surface area contributed by atoms with Crippen LogP contribution in [0.1, 0.15) is 37.7 Å². The molecule has 1 aliphatic carbocycles. The molecule has 1 N–H and O–H groups in total. The van der Waals surface area contributed by atoms with Crippen molar-refractivity contribution in [2.75, 3.05) is 53.9 Å². The van der Waals surface area contributed by atoms with Crippen LogP contribution >= 0.6 is 0 Å². The summed E-state index contributed by atoms with van der Waals surface area (Å²) in [7, 11) is -1.47. The summed E-state index contributed by atoms with van der Waals surface area (Å²) in [5, 5.41) is 5.56. The van der Waals surface area contributed by atoms with Crippen LogP contribution in [0.15, 0.2) is 36.7 Å². The summed E-state index contributed by atoms with van der Waals surface area (Å²) in [6.07, 6.45) is 6.36. The fraction of sp³-hybridized carbons (Fsp3) is 0.536. The van der Waals surface area contributed by atoms with Gasteiger partial charge < -0.3 is 19.9 Å². The average Bonchev–Trinajstić information content (AvgIpc) is 3.75. The second-order valence-corrected chi connectivity index (χ2v) is 13.4. The average molecular weight is 555 g/mol. The molecule has 3 fully saturated rings. The van der Waals surface area contributed by atoms with Crippen LogP contribution in [0, 0.1) is 5.92 Å². The van der Waals surface area contributed by atoms with Gasteiger partial charge in [-0.1, -0.05) is 6.07 Å². The molecule has 11 heteroatoms. The normalized spacial score (nSPS) is 25.5. The number of nitrogens with one attached hydrogen (secondary N) is 1. The number of aromatic nitrogens is 3. The maximum absolute atomic E-state index is 14.4. The smallest absolute Gasteiger partial charge is 0.227 e. The highest BCUT2D eigenvalue weighted by molar-refractivity contribution is 7.90. The van der Waals surface area contributed by atoms with Gasteiger partial charge in [-0.2, -0.15) is 4.98 Å². The number of benzene rings is 1. The molecule has 0 amide bonds. The zero-order valence-corrected chi connectivity index (χ0v) is 23.4. The van der Waals surface area contributed by atoms with Crippen LogP contribution in [-0.4, -0.2) is 80.4 Å². The van der Waals surface area contributed by atoms with E-state index in [2.05, 4.69) is 45.3 Å². The molecule has 3 aromatic rings. The molecule has 2 aliphatic heterocycles. The summed E-state index contributed by atoms with van der Waals surface area (Å²) >= 11 is 0. The van der Waals surface area contributed by atoms with Crippen LogP contribution in [0.25, 0.3) is 10.8 Å². The molecule has 4 heterocycles. The summed E-state index contributed by atoms with van der Waals surface area (Å²) in [5.41, 5.74) is 2.41. The third-order valence-corrected chi connectivity index (χ3v) is 9.36. The first-order valence-electron chi connectivity index (χ1n) is 13.6. The van der Waals surface area contributed by atoms with Gasteiger partial charge in [0, 0.05) is 61.9 Å². The van der Waals surface area contributed by atoms with Crippen LogP contribution in [0.3, 0.4) is 0 Å². The van der Waals surface area contributed by atoms with Gasteiger partial charge in [0.15, 0.2) is 0 Å². The highest BCUT2D eigenvalue weighted by Crippen LogP contribution is 2.46. The van der Waals surface area contributed by atoms with Crippen molar-refractivity contribution in [3.8, 4) is 0 Å². The van der Waals surface area contributed by atoms with Crippen LogP contribution < -0.4 is 15.1 Å². The minimum atomic E-state index is -3.01. The minimum Gasteiger partial charge on any atom is -0.378 e. The predicted octanol–water partition coefficient (Wildman–Crippen LogP) is 4.08. The Morgan fingerprint density at radius 2 is 1.92 bits per heavy atom. The number of methoxy groups -OCH3 is 1. The number of piperidine rings is 1. The lowest BCUT2D eigenvalue weighted by Gasteiger charge is -2.48. The minimum absolute atomic E-state index is 0.131. The van der Waals surface area contributed by atoms with Crippen molar-refractivity contribution in [1.29, 1.82) is 0 Å². The van der Waals surface area contributed by atoms with Crippen molar-refractivity contribution in [2.45, 2.75) is 50.4 Å². The van der Waals surface area contributed by atoms with E-state index in [9.17, 15) is 12.8 Å². The molecular weight excluding hydrogens is 519 g/mol. The molecule has 208 valence electrons.